The van der Waals surface area contributed by atoms with Gasteiger partial charge in [-0.15, -0.1) is 5.10 Å². The number of hydrogen-bond acceptors (Lipinski definition) is 4. The van der Waals surface area contributed by atoms with Gasteiger partial charge in [0.2, 0.25) is 0 Å². The van der Waals surface area contributed by atoms with Crippen molar-refractivity contribution in [1.29, 1.82) is 0 Å². The predicted octanol–water partition coefficient (Wildman–Crippen LogP) is 3.90. The van der Waals surface area contributed by atoms with Gasteiger partial charge in [0.05, 0.1) is 18.0 Å². The van der Waals surface area contributed by atoms with Crippen molar-refractivity contribution in [1.82, 2.24) is 20.0 Å². The minimum absolute atomic E-state index is 0.133. The third kappa shape index (κ3) is 4.48. The van der Waals surface area contributed by atoms with Crippen LogP contribution < -0.4 is 0 Å². The predicted molar refractivity (Wildman–Crippen MR) is 86.2 cm³/mol. The van der Waals surface area contributed by atoms with Crippen molar-refractivity contribution in [2.45, 2.75) is 58.8 Å². The molecule has 0 aliphatic heterocycles. The maximum atomic E-state index is 12.5. The molecule has 2 rings (SSSR count). The van der Waals surface area contributed by atoms with Crippen LogP contribution in [0.15, 0.2) is 24.5 Å². The molecule has 0 saturated carbocycles. The van der Waals surface area contributed by atoms with E-state index in [-0.39, 0.29) is 5.78 Å². The Kier molecular flexibility index (Phi) is 6.25. The molecular weight excluding hydrogens is 276 g/mol. The van der Waals surface area contributed by atoms with Gasteiger partial charge in [0.25, 0.3) is 0 Å². The van der Waals surface area contributed by atoms with E-state index in [4.69, 9.17) is 0 Å². The molecule has 0 aliphatic rings. The number of unbranched alkanes of at least 4 members (excludes halogenated alkanes) is 5. The second kappa shape index (κ2) is 8.41. The average molecular weight is 300 g/mol. The minimum atomic E-state index is 0.133. The highest BCUT2D eigenvalue weighted by molar-refractivity contribution is 5.98. The molecule has 0 fully saturated rings. The highest BCUT2D eigenvalue weighted by atomic mass is 16.1. The summed E-state index contributed by atoms with van der Waals surface area (Å²) < 4.78 is 1.56. The zero-order chi connectivity index (χ0) is 15.8. The molecule has 118 valence electrons. The quantitative estimate of drug-likeness (QED) is 0.520. The maximum Gasteiger partial charge on any atom is 0.166 e. The fourth-order valence-electron chi connectivity index (χ4n) is 2.46. The van der Waals surface area contributed by atoms with Crippen LogP contribution in [0, 0.1) is 6.92 Å². The third-order valence-corrected chi connectivity index (χ3v) is 3.71. The molecule has 0 aliphatic carbocycles. The molecule has 5 heteroatoms. The molecule has 0 bridgehead atoms. The SMILES string of the molecule is CCCCCCCCC(=O)c1ccc(C)nc1-n1ccnn1. The van der Waals surface area contributed by atoms with Crippen molar-refractivity contribution in [2.24, 2.45) is 0 Å². The Morgan fingerprint density at radius 3 is 2.64 bits per heavy atom. The monoisotopic (exact) mass is 300 g/mol. The molecule has 0 saturated heterocycles. The summed E-state index contributed by atoms with van der Waals surface area (Å²) in [5.74, 6) is 0.710. The number of pyridine rings is 1. The largest absolute Gasteiger partial charge is 0.294 e. The Morgan fingerprint density at radius 1 is 1.14 bits per heavy atom. The molecule has 0 aromatic carbocycles. The number of Topliss-reactive ketones (excluding diaryl/α,β-unsaturated/α-hetero) is 1. The summed E-state index contributed by atoms with van der Waals surface area (Å²) in [6, 6.07) is 3.72. The second-order valence-corrected chi connectivity index (χ2v) is 5.61. The normalized spacial score (nSPS) is 10.8. The summed E-state index contributed by atoms with van der Waals surface area (Å²) in [4.78, 5) is 16.9. The molecule has 5 nitrogen and oxygen atoms in total. The first-order valence-electron chi connectivity index (χ1n) is 8.10. The van der Waals surface area contributed by atoms with Gasteiger partial charge < -0.3 is 0 Å². The van der Waals surface area contributed by atoms with E-state index < -0.39 is 0 Å². The lowest BCUT2D eigenvalue weighted by atomic mass is 10.0. The summed E-state index contributed by atoms with van der Waals surface area (Å²) in [7, 11) is 0. The average Bonchev–Trinajstić information content (AvgIpc) is 3.04. The lowest BCUT2D eigenvalue weighted by molar-refractivity contribution is 0.0978. The number of rotatable bonds is 9. The highest BCUT2D eigenvalue weighted by Crippen LogP contribution is 2.16. The van der Waals surface area contributed by atoms with E-state index in [2.05, 4.69) is 22.2 Å². The number of nitrogens with zero attached hydrogens (tertiary/aromatic N) is 4. The van der Waals surface area contributed by atoms with Crippen molar-refractivity contribution < 1.29 is 4.79 Å². The van der Waals surface area contributed by atoms with Crippen LogP contribution in [0.1, 0.15) is 67.9 Å². The third-order valence-electron chi connectivity index (χ3n) is 3.71. The number of aryl methyl sites for hydroxylation is 1. The van der Waals surface area contributed by atoms with E-state index in [1.165, 1.54) is 25.7 Å². The number of ketones is 1. The van der Waals surface area contributed by atoms with Crippen LogP contribution in [0.5, 0.6) is 0 Å². The Hall–Kier alpha value is -2.04. The molecule has 2 heterocycles. The minimum Gasteiger partial charge on any atom is -0.294 e. The van der Waals surface area contributed by atoms with E-state index in [1.54, 1.807) is 17.1 Å². The van der Waals surface area contributed by atoms with Crippen LogP contribution in [0.25, 0.3) is 5.82 Å². The van der Waals surface area contributed by atoms with E-state index in [9.17, 15) is 4.79 Å². The van der Waals surface area contributed by atoms with Gasteiger partial charge in [0.15, 0.2) is 11.6 Å². The number of carbonyl (C=O) groups excluding carboxylic acids is 1. The first-order chi connectivity index (χ1) is 10.7. The Balaban J connectivity index is 1.98. The molecule has 0 radical (unpaired) electrons. The van der Waals surface area contributed by atoms with Crippen LogP contribution in [0.4, 0.5) is 0 Å². The van der Waals surface area contributed by atoms with Gasteiger partial charge in [-0.2, -0.15) is 0 Å². The lowest BCUT2D eigenvalue weighted by Gasteiger charge is -2.08. The van der Waals surface area contributed by atoms with Gasteiger partial charge in [-0.05, 0) is 25.5 Å². The number of carbonyl (C=O) groups is 1. The standard InChI is InChI=1S/C17H24N4O/c1-3-4-5-6-7-8-9-16(22)15-11-10-14(2)19-17(15)21-13-12-18-20-21/h10-13H,3-9H2,1-2H3. The van der Waals surface area contributed by atoms with E-state index in [0.29, 0.717) is 17.8 Å². The maximum absolute atomic E-state index is 12.5. The van der Waals surface area contributed by atoms with E-state index in [0.717, 1.165) is 18.5 Å². The number of aromatic nitrogens is 4. The van der Waals surface area contributed by atoms with Crippen LogP contribution >= 0.6 is 0 Å². The van der Waals surface area contributed by atoms with Crippen molar-refractivity contribution in [3.8, 4) is 5.82 Å². The molecule has 2 aromatic heterocycles. The van der Waals surface area contributed by atoms with Gasteiger partial charge in [-0.1, -0.05) is 44.2 Å². The molecule has 0 atom stereocenters. The Morgan fingerprint density at radius 2 is 1.91 bits per heavy atom. The summed E-state index contributed by atoms with van der Waals surface area (Å²) >= 11 is 0. The van der Waals surface area contributed by atoms with Crippen molar-refractivity contribution >= 4 is 5.78 Å². The smallest absolute Gasteiger partial charge is 0.166 e. The molecule has 0 N–H and O–H groups in total. The summed E-state index contributed by atoms with van der Waals surface area (Å²) in [5.41, 5.74) is 1.49. The lowest BCUT2D eigenvalue weighted by Crippen LogP contribution is -2.10. The van der Waals surface area contributed by atoms with Gasteiger partial charge in [-0.3, -0.25) is 4.79 Å². The first-order valence-corrected chi connectivity index (χ1v) is 8.10. The van der Waals surface area contributed by atoms with E-state index >= 15 is 0 Å². The molecule has 0 unspecified atom stereocenters. The second-order valence-electron chi connectivity index (χ2n) is 5.61. The van der Waals surface area contributed by atoms with Crippen molar-refractivity contribution in [2.75, 3.05) is 0 Å². The van der Waals surface area contributed by atoms with Crippen molar-refractivity contribution in [3.05, 3.63) is 35.8 Å². The van der Waals surface area contributed by atoms with Crippen LogP contribution in [0.3, 0.4) is 0 Å². The number of hydrogen-bond donors (Lipinski definition) is 0. The fraction of sp³-hybridized carbons (Fsp3) is 0.529. The fourth-order valence-corrected chi connectivity index (χ4v) is 2.46. The van der Waals surface area contributed by atoms with Gasteiger partial charge in [0.1, 0.15) is 0 Å². The molecule has 0 spiro atoms. The van der Waals surface area contributed by atoms with Crippen LogP contribution in [0.2, 0.25) is 0 Å². The highest BCUT2D eigenvalue weighted by Gasteiger charge is 2.14. The van der Waals surface area contributed by atoms with Crippen molar-refractivity contribution in [3.63, 3.8) is 0 Å². The van der Waals surface area contributed by atoms with Crippen LogP contribution in [-0.2, 0) is 0 Å². The zero-order valence-electron chi connectivity index (χ0n) is 13.5. The summed E-state index contributed by atoms with van der Waals surface area (Å²) in [6.07, 6.45) is 10.9. The van der Waals surface area contributed by atoms with Gasteiger partial charge in [0, 0.05) is 12.1 Å². The van der Waals surface area contributed by atoms with Gasteiger partial charge >= 0.3 is 0 Å². The molecule has 22 heavy (non-hydrogen) atoms. The molecule has 2 aromatic rings. The Bertz CT molecular complexity index is 593. The summed E-state index contributed by atoms with van der Waals surface area (Å²) in [5, 5.41) is 7.75. The Labute approximate surface area is 131 Å². The van der Waals surface area contributed by atoms with Crippen LogP contribution in [-0.4, -0.2) is 25.8 Å². The summed E-state index contributed by atoms with van der Waals surface area (Å²) in [6.45, 7) is 4.11. The topological polar surface area (TPSA) is 60.7 Å². The molecular formula is C17H24N4O. The first kappa shape index (κ1) is 16.3. The van der Waals surface area contributed by atoms with E-state index in [1.807, 2.05) is 19.1 Å². The molecule has 0 amide bonds. The van der Waals surface area contributed by atoms with Gasteiger partial charge in [-0.25, -0.2) is 9.67 Å². The zero-order valence-corrected chi connectivity index (χ0v) is 13.5.